The lowest BCUT2D eigenvalue weighted by Crippen LogP contribution is -2.31. The Hall–Kier alpha value is -0.880. The second-order valence-corrected chi connectivity index (χ2v) is 8.39. The molecule has 0 aliphatic carbocycles. The van der Waals surface area contributed by atoms with Crippen LogP contribution in [0.3, 0.4) is 0 Å². The average Bonchev–Trinajstić information content (AvgIpc) is 2.93. The first-order chi connectivity index (χ1) is 11.2. The summed E-state index contributed by atoms with van der Waals surface area (Å²) in [6.45, 7) is 10.3. The van der Waals surface area contributed by atoms with Crippen LogP contribution in [0.2, 0.25) is 0 Å². The maximum atomic E-state index is 10.7. The van der Waals surface area contributed by atoms with Gasteiger partial charge in [0.1, 0.15) is 6.29 Å². The summed E-state index contributed by atoms with van der Waals surface area (Å²) in [6.07, 6.45) is 10.0. The molecule has 1 atom stereocenters. The Morgan fingerprint density at radius 3 is 2.38 bits per heavy atom. The van der Waals surface area contributed by atoms with E-state index in [4.69, 9.17) is 16.6 Å². The summed E-state index contributed by atoms with van der Waals surface area (Å²) < 4.78 is 0. The van der Waals surface area contributed by atoms with Gasteiger partial charge in [0.2, 0.25) is 0 Å². The molecule has 24 heavy (non-hydrogen) atoms. The number of hydrogen-bond acceptors (Lipinski definition) is 5. The number of carbonyl (C=O) groups excluding carboxylic acids is 1. The normalized spacial score (nSPS) is 17.9. The van der Waals surface area contributed by atoms with Crippen molar-refractivity contribution in [3.05, 3.63) is 0 Å². The van der Waals surface area contributed by atoms with Crippen molar-refractivity contribution < 1.29 is 6.22 Å². The number of amidine groups is 1. The van der Waals surface area contributed by atoms with Crippen molar-refractivity contribution in [2.75, 3.05) is 13.1 Å². The van der Waals surface area contributed by atoms with Crippen LogP contribution in [-0.2, 0) is 4.79 Å². The summed E-state index contributed by atoms with van der Waals surface area (Å²) >= 11 is 1.01. The third-order valence-electron chi connectivity index (χ3n) is 4.01. The Morgan fingerprint density at radius 1 is 1.29 bits per heavy atom. The van der Waals surface area contributed by atoms with Gasteiger partial charge in [-0.2, -0.15) is 0 Å². The van der Waals surface area contributed by atoms with Crippen molar-refractivity contribution >= 4 is 28.3 Å². The fraction of sp³-hybridized carbons (Fsp3) is 0.833. The molecule has 0 aromatic carbocycles. The van der Waals surface area contributed by atoms with Crippen LogP contribution >= 0.6 is 11.8 Å². The number of thioether (sulfide) groups is 1. The molecule has 0 aromatic heterocycles. The summed E-state index contributed by atoms with van der Waals surface area (Å²) in [5.41, 5.74) is 4.91. The van der Waals surface area contributed by atoms with Gasteiger partial charge in [0.15, 0.2) is 5.17 Å². The maximum absolute atomic E-state index is 10.7. The minimum Gasteiger partial charge on any atom is -0.378 e. The lowest BCUT2D eigenvalue weighted by Gasteiger charge is -2.19. The first kappa shape index (κ1) is 23.1. The number of nitrogens with one attached hydrogen (secondary N) is 2. The summed E-state index contributed by atoms with van der Waals surface area (Å²) in [5, 5.41) is 14.7. The van der Waals surface area contributed by atoms with Crippen molar-refractivity contribution in [2.45, 2.75) is 78.7 Å². The van der Waals surface area contributed by atoms with Gasteiger partial charge in [0.05, 0.1) is 11.1 Å². The van der Waals surface area contributed by atoms with Gasteiger partial charge in [-0.1, -0.05) is 53.4 Å². The molecule has 0 spiro atoms. The molecule has 0 radical (unpaired) electrons. The zero-order valence-electron chi connectivity index (χ0n) is 15.9. The van der Waals surface area contributed by atoms with E-state index in [0.717, 1.165) is 37.6 Å². The third kappa shape index (κ3) is 10.8. The SMILES string of the molecule is CC(C)(C)C(=N)SC(=N)N.CCCCCCCN1CCC[C@H]1C=O.[HH]. The number of nitrogens with zero attached hydrogens (tertiary/aromatic N) is 1. The van der Waals surface area contributed by atoms with E-state index in [9.17, 15) is 4.79 Å². The molecule has 1 aliphatic heterocycles. The Morgan fingerprint density at radius 2 is 1.92 bits per heavy atom. The first-order valence-electron chi connectivity index (χ1n) is 9.02. The van der Waals surface area contributed by atoms with E-state index in [2.05, 4.69) is 11.8 Å². The van der Waals surface area contributed by atoms with Crippen LogP contribution in [0.15, 0.2) is 0 Å². The van der Waals surface area contributed by atoms with Crippen LogP contribution in [-0.4, -0.2) is 40.5 Å². The number of aldehydes is 1. The Balaban J connectivity index is 0. The molecule has 0 saturated carbocycles. The van der Waals surface area contributed by atoms with Crippen LogP contribution in [0, 0.1) is 16.2 Å². The average molecular weight is 359 g/mol. The molecule has 142 valence electrons. The van der Waals surface area contributed by atoms with Crippen LogP contribution in [0.4, 0.5) is 0 Å². The largest absolute Gasteiger partial charge is 0.378 e. The molecule has 5 nitrogen and oxygen atoms in total. The first-order valence-corrected chi connectivity index (χ1v) is 9.84. The highest BCUT2D eigenvalue weighted by Gasteiger charge is 2.22. The number of rotatable bonds is 7. The van der Waals surface area contributed by atoms with Gasteiger partial charge < -0.3 is 10.5 Å². The van der Waals surface area contributed by atoms with E-state index in [-0.39, 0.29) is 18.1 Å². The van der Waals surface area contributed by atoms with Crippen LogP contribution < -0.4 is 5.73 Å². The van der Waals surface area contributed by atoms with Crippen LogP contribution in [0.25, 0.3) is 0 Å². The lowest BCUT2D eigenvalue weighted by molar-refractivity contribution is -0.111. The van der Waals surface area contributed by atoms with Gasteiger partial charge in [0, 0.05) is 6.84 Å². The molecule has 1 fully saturated rings. The molecule has 0 unspecified atom stereocenters. The highest BCUT2D eigenvalue weighted by molar-refractivity contribution is 8.26. The molecule has 4 N–H and O–H groups in total. The number of carbonyl (C=O) groups is 1. The van der Waals surface area contributed by atoms with E-state index < -0.39 is 0 Å². The Bertz CT molecular complexity index is 399. The predicted molar refractivity (Wildman–Crippen MR) is 108 cm³/mol. The smallest absolute Gasteiger partial charge is 0.157 e. The molecule has 1 aliphatic rings. The highest BCUT2D eigenvalue weighted by atomic mass is 32.2. The minimum absolute atomic E-state index is 0. The van der Waals surface area contributed by atoms with Crippen molar-refractivity contribution in [2.24, 2.45) is 11.1 Å². The monoisotopic (exact) mass is 358 g/mol. The number of unbranched alkanes of at least 4 members (excludes halogenated alkanes) is 4. The molecule has 1 rings (SSSR count). The topological polar surface area (TPSA) is 94.0 Å². The zero-order valence-corrected chi connectivity index (χ0v) is 16.7. The summed E-state index contributed by atoms with van der Waals surface area (Å²) in [5.74, 6) is 0. The van der Waals surface area contributed by atoms with Gasteiger partial charge in [-0.05, 0) is 44.1 Å². The van der Waals surface area contributed by atoms with Gasteiger partial charge in [-0.3, -0.25) is 15.7 Å². The molecule has 0 amide bonds. The van der Waals surface area contributed by atoms with Crippen molar-refractivity contribution in [3.63, 3.8) is 0 Å². The van der Waals surface area contributed by atoms with Gasteiger partial charge in [-0.25, -0.2) is 0 Å². The number of hydrogen-bond donors (Lipinski definition) is 3. The van der Waals surface area contributed by atoms with Gasteiger partial charge >= 0.3 is 0 Å². The summed E-state index contributed by atoms with van der Waals surface area (Å²) in [4.78, 5) is 13.1. The van der Waals surface area contributed by atoms with Crippen molar-refractivity contribution in [1.82, 2.24) is 4.90 Å². The molecule has 0 bridgehead atoms. The standard InChI is InChI=1S/C12H23NO.C6H13N3S.H2/c1-2-3-4-5-6-9-13-10-7-8-12(13)11-14;1-6(2,3)4(7)10-5(8)9;/h11-12H,2-10H2,1H3;7H,1-3H3,(H3,8,9);1H/t12-;;/m0../s1. The quantitative estimate of drug-likeness (QED) is 0.270. The molecule has 6 heteroatoms. The molecular weight excluding hydrogens is 320 g/mol. The van der Waals surface area contributed by atoms with Crippen molar-refractivity contribution in [3.8, 4) is 0 Å². The van der Waals surface area contributed by atoms with E-state index in [1.54, 1.807) is 0 Å². The lowest BCUT2D eigenvalue weighted by atomic mass is 9.99. The van der Waals surface area contributed by atoms with E-state index in [0.29, 0.717) is 5.04 Å². The molecule has 0 aromatic rings. The highest BCUT2D eigenvalue weighted by Crippen LogP contribution is 2.22. The predicted octanol–water partition coefficient (Wildman–Crippen LogP) is 4.50. The van der Waals surface area contributed by atoms with Gasteiger partial charge in [0.25, 0.3) is 0 Å². The number of nitrogens with two attached hydrogens (primary N) is 1. The zero-order chi connectivity index (χ0) is 18.6. The Labute approximate surface area is 153 Å². The van der Waals surface area contributed by atoms with Crippen molar-refractivity contribution in [1.29, 1.82) is 10.8 Å². The minimum atomic E-state index is -0.184. The molecule has 1 heterocycles. The maximum Gasteiger partial charge on any atom is 0.157 e. The second kappa shape index (κ2) is 12.5. The second-order valence-electron chi connectivity index (χ2n) is 7.34. The Kier molecular flexibility index (Phi) is 12.0. The number of likely N-dealkylation sites (tertiary alicyclic amines) is 1. The summed E-state index contributed by atoms with van der Waals surface area (Å²) in [7, 11) is 0. The van der Waals surface area contributed by atoms with Crippen LogP contribution in [0.5, 0.6) is 0 Å². The third-order valence-corrected chi connectivity index (χ3v) is 5.05. The van der Waals surface area contributed by atoms with E-state index >= 15 is 0 Å². The van der Waals surface area contributed by atoms with E-state index in [1.807, 2.05) is 20.8 Å². The van der Waals surface area contributed by atoms with Gasteiger partial charge in [-0.15, -0.1) is 0 Å². The molecule has 1 saturated heterocycles. The fourth-order valence-corrected chi connectivity index (χ4v) is 2.99. The van der Waals surface area contributed by atoms with E-state index in [1.165, 1.54) is 38.5 Å². The fourth-order valence-electron chi connectivity index (χ4n) is 2.47. The van der Waals surface area contributed by atoms with Crippen LogP contribution in [0.1, 0.15) is 74.1 Å². The molecular formula is C18H38N4OS. The summed E-state index contributed by atoms with van der Waals surface area (Å²) in [6, 6.07) is 0.237.